The number of hydrogen-bond acceptors (Lipinski definition) is 4. The van der Waals surface area contributed by atoms with Crippen LogP contribution < -0.4 is 4.72 Å². The highest BCUT2D eigenvalue weighted by atomic mass is 32.2. The number of aromatic carboxylic acids is 1. The normalized spacial score (nSPS) is 11.5. The van der Waals surface area contributed by atoms with Crippen LogP contribution in [0.25, 0.3) is 0 Å². The number of carboxylic acid groups (broad SMARTS) is 1. The average molecular weight is 309 g/mol. The smallest absolute Gasteiger partial charge is 0.335 e. The van der Waals surface area contributed by atoms with Crippen LogP contribution in [0.4, 0.5) is 0 Å². The van der Waals surface area contributed by atoms with Gasteiger partial charge in [0.25, 0.3) is 0 Å². The first kappa shape index (κ1) is 15.2. The van der Waals surface area contributed by atoms with Crippen molar-refractivity contribution in [2.75, 3.05) is 0 Å². The Hall–Kier alpha value is -2.19. The molecule has 21 heavy (non-hydrogen) atoms. The van der Waals surface area contributed by atoms with Crippen LogP contribution >= 0.6 is 0 Å². The quantitative estimate of drug-likeness (QED) is 0.854. The lowest BCUT2D eigenvalue weighted by Crippen LogP contribution is -2.23. The SMILES string of the molecule is Cc1c(CNS(=O)(=O)c2ccc(C(=O)O)cc2)cnn1C. The molecule has 0 aliphatic rings. The van der Waals surface area contributed by atoms with Gasteiger partial charge in [-0.1, -0.05) is 0 Å². The van der Waals surface area contributed by atoms with Gasteiger partial charge in [-0.15, -0.1) is 0 Å². The summed E-state index contributed by atoms with van der Waals surface area (Å²) in [5.74, 6) is -1.10. The molecule has 0 radical (unpaired) electrons. The molecule has 0 aliphatic heterocycles. The number of hydrogen-bond donors (Lipinski definition) is 2. The minimum atomic E-state index is -3.69. The number of carboxylic acids is 1. The van der Waals surface area contributed by atoms with E-state index in [2.05, 4.69) is 9.82 Å². The van der Waals surface area contributed by atoms with E-state index in [1.165, 1.54) is 24.3 Å². The van der Waals surface area contributed by atoms with E-state index in [4.69, 9.17) is 5.11 Å². The number of sulfonamides is 1. The van der Waals surface area contributed by atoms with E-state index in [1.807, 2.05) is 6.92 Å². The van der Waals surface area contributed by atoms with Crippen molar-refractivity contribution in [3.05, 3.63) is 47.3 Å². The Bertz CT molecular complexity index is 763. The van der Waals surface area contributed by atoms with E-state index in [0.29, 0.717) is 0 Å². The van der Waals surface area contributed by atoms with E-state index in [9.17, 15) is 13.2 Å². The van der Waals surface area contributed by atoms with Crippen molar-refractivity contribution in [1.82, 2.24) is 14.5 Å². The van der Waals surface area contributed by atoms with Crippen molar-refractivity contribution in [2.24, 2.45) is 7.05 Å². The number of nitrogens with zero attached hydrogens (tertiary/aromatic N) is 2. The summed E-state index contributed by atoms with van der Waals surface area (Å²) in [6.45, 7) is 1.97. The number of nitrogens with one attached hydrogen (secondary N) is 1. The summed E-state index contributed by atoms with van der Waals surface area (Å²) in [6, 6.07) is 5.04. The van der Waals surface area contributed by atoms with E-state index < -0.39 is 16.0 Å². The van der Waals surface area contributed by atoms with Gasteiger partial charge in [-0.3, -0.25) is 4.68 Å². The molecule has 7 nitrogen and oxygen atoms in total. The summed E-state index contributed by atoms with van der Waals surface area (Å²) in [4.78, 5) is 10.8. The number of aromatic nitrogens is 2. The molecule has 0 saturated carbocycles. The van der Waals surface area contributed by atoms with Crippen molar-refractivity contribution in [3.63, 3.8) is 0 Å². The minimum absolute atomic E-state index is 0.0223. The Labute approximate surface area is 122 Å². The van der Waals surface area contributed by atoms with Gasteiger partial charge in [0.2, 0.25) is 10.0 Å². The highest BCUT2D eigenvalue weighted by Gasteiger charge is 2.15. The number of rotatable bonds is 5. The van der Waals surface area contributed by atoms with Gasteiger partial charge in [0.15, 0.2) is 0 Å². The van der Waals surface area contributed by atoms with Crippen LogP contribution in [0.15, 0.2) is 35.4 Å². The predicted molar refractivity (Wildman–Crippen MR) is 75.4 cm³/mol. The summed E-state index contributed by atoms with van der Waals surface area (Å²) in [5, 5.41) is 12.8. The maximum atomic E-state index is 12.1. The van der Waals surface area contributed by atoms with Gasteiger partial charge in [0.05, 0.1) is 16.7 Å². The molecule has 2 N–H and O–H groups in total. The molecule has 0 spiro atoms. The van der Waals surface area contributed by atoms with Crippen LogP contribution in [0.5, 0.6) is 0 Å². The van der Waals surface area contributed by atoms with Gasteiger partial charge >= 0.3 is 5.97 Å². The molecule has 0 atom stereocenters. The summed E-state index contributed by atoms with van der Waals surface area (Å²) in [5.41, 5.74) is 1.69. The molecular formula is C13H15N3O4S. The Balaban J connectivity index is 2.15. The standard InChI is InChI=1S/C13H15N3O4S/c1-9-11(7-14-16(9)2)8-15-21(19,20)12-5-3-10(4-6-12)13(17)18/h3-7,15H,8H2,1-2H3,(H,17,18). The average Bonchev–Trinajstić information content (AvgIpc) is 2.77. The first-order valence-corrected chi connectivity index (χ1v) is 7.60. The second-order valence-electron chi connectivity index (χ2n) is 4.53. The van der Waals surface area contributed by atoms with Crippen molar-refractivity contribution < 1.29 is 18.3 Å². The van der Waals surface area contributed by atoms with Crippen LogP contribution in [0.1, 0.15) is 21.6 Å². The molecule has 0 amide bonds. The second-order valence-corrected chi connectivity index (χ2v) is 6.30. The highest BCUT2D eigenvalue weighted by Crippen LogP contribution is 2.12. The van der Waals surface area contributed by atoms with Gasteiger partial charge in [0.1, 0.15) is 0 Å². The Kier molecular flexibility index (Phi) is 4.10. The lowest BCUT2D eigenvalue weighted by Gasteiger charge is -2.07. The van der Waals surface area contributed by atoms with Gasteiger partial charge in [0, 0.05) is 24.8 Å². The molecule has 1 aromatic heterocycles. The molecule has 0 saturated heterocycles. The maximum Gasteiger partial charge on any atom is 0.335 e. The van der Waals surface area contributed by atoms with Gasteiger partial charge in [-0.2, -0.15) is 5.10 Å². The van der Waals surface area contributed by atoms with Crippen molar-refractivity contribution >= 4 is 16.0 Å². The fourth-order valence-corrected chi connectivity index (χ4v) is 2.76. The first-order valence-electron chi connectivity index (χ1n) is 6.12. The molecule has 1 aromatic carbocycles. The van der Waals surface area contributed by atoms with Gasteiger partial charge < -0.3 is 5.11 Å². The Morgan fingerprint density at radius 2 is 1.95 bits per heavy atom. The summed E-state index contributed by atoms with van der Waals surface area (Å²) < 4.78 is 28.4. The second kappa shape index (κ2) is 5.66. The fourth-order valence-electron chi connectivity index (χ4n) is 1.75. The first-order chi connectivity index (χ1) is 9.81. The molecule has 0 fully saturated rings. The molecule has 1 heterocycles. The number of aryl methyl sites for hydroxylation is 1. The van der Waals surface area contributed by atoms with Crippen LogP contribution in [0.3, 0.4) is 0 Å². The molecule has 0 bridgehead atoms. The van der Waals surface area contributed by atoms with Crippen LogP contribution in [0.2, 0.25) is 0 Å². The van der Waals surface area contributed by atoms with Crippen molar-refractivity contribution in [3.8, 4) is 0 Å². The zero-order chi connectivity index (χ0) is 15.6. The minimum Gasteiger partial charge on any atom is -0.478 e. The summed E-state index contributed by atoms with van der Waals surface area (Å²) in [6.07, 6.45) is 1.60. The zero-order valence-electron chi connectivity index (χ0n) is 11.6. The monoisotopic (exact) mass is 309 g/mol. The van der Waals surface area contributed by atoms with Gasteiger partial charge in [-0.25, -0.2) is 17.9 Å². The third-order valence-electron chi connectivity index (χ3n) is 3.20. The van der Waals surface area contributed by atoms with E-state index in [-0.39, 0.29) is 17.0 Å². The lowest BCUT2D eigenvalue weighted by molar-refractivity contribution is 0.0696. The third-order valence-corrected chi connectivity index (χ3v) is 4.62. The maximum absolute atomic E-state index is 12.1. The number of carbonyl (C=O) groups is 1. The van der Waals surface area contributed by atoms with Crippen LogP contribution in [-0.4, -0.2) is 29.3 Å². The molecule has 0 unspecified atom stereocenters. The molecule has 0 aliphatic carbocycles. The highest BCUT2D eigenvalue weighted by molar-refractivity contribution is 7.89. The lowest BCUT2D eigenvalue weighted by atomic mass is 10.2. The fraction of sp³-hybridized carbons (Fsp3) is 0.231. The van der Waals surface area contributed by atoms with Crippen molar-refractivity contribution in [2.45, 2.75) is 18.4 Å². The van der Waals surface area contributed by atoms with E-state index in [0.717, 1.165) is 11.3 Å². The predicted octanol–water partition coefficient (Wildman–Crippen LogP) is 0.905. The van der Waals surface area contributed by atoms with Gasteiger partial charge in [-0.05, 0) is 31.2 Å². The topological polar surface area (TPSA) is 101 Å². The Morgan fingerprint density at radius 3 is 2.43 bits per heavy atom. The van der Waals surface area contributed by atoms with E-state index in [1.54, 1.807) is 17.9 Å². The van der Waals surface area contributed by atoms with Crippen LogP contribution in [0, 0.1) is 6.92 Å². The third kappa shape index (κ3) is 3.29. The molecule has 2 rings (SSSR count). The molecular weight excluding hydrogens is 294 g/mol. The van der Waals surface area contributed by atoms with E-state index >= 15 is 0 Å². The number of benzene rings is 1. The molecule has 2 aromatic rings. The Morgan fingerprint density at radius 1 is 1.33 bits per heavy atom. The largest absolute Gasteiger partial charge is 0.478 e. The summed E-state index contributed by atoms with van der Waals surface area (Å²) in [7, 11) is -1.91. The molecule has 8 heteroatoms. The summed E-state index contributed by atoms with van der Waals surface area (Å²) >= 11 is 0. The zero-order valence-corrected chi connectivity index (χ0v) is 12.4. The van der Waals surface area contributed by atoms with Crippen molar-refractivity contribution in [1.29, 1.82) is 0 Å². The van der Waals surface area contributed by atoms with Crippen LogP contribution in [-0.2, 0) is 23.6 Å². The molecule has 112 valence electrons.